The fraction of sp³-hybridized carbons (Fsp3) is 0.0323. The molecule has 0 aliphatic heterocycles. The van der Waals surface area contributed by atoms with Crippen molar-refractivity contribution in [1.82, 2.24) is 4.57 Å². The summed E-state index contributed by atoms with van der Waals surface area (Å²) in [5.74, 6) is 0. The molecule has 0 atom stereocenters. The molecule has 0 N–H and O–H groups in total. The summed E-state index contributed by atoms with van der Waals surface area (Å²) in [4.78, 5) is 2.33. The zero-order valence-electron chi connectivity index (χ0n) is 35.0. The molecule has 0 saturated heterocycles. The summed E-state index contributed by atoms with van der Waals surface area (Å²) < 4.78 is 2.53. The summed E-state index contributed by atoms with van der Waals surface area (Å²) in [5.41, 5.74) is 21.9. The van der Waals surface area contributed by atoms with Gasteiger partial charge in [-0.25, -0.2) is 0 Å². The number of nitrogens with zero attached hydrogens (tertiary/aromatic N) is 2. The summed E-state index contributed by atoms with van der Waals surface area (Å²) in [5, 5.41) is 2.51. The van der Waals surface area contributed by atoms with E-state index >= 15 is 0 Å². The van der Waals surface area contributed by atoms with Gasteiger partial charge in [0.2, 0.25) is 0 Å². The highest BCUT2D eigenvalue weighted by molar-refractivity contribution is 6.16. The average Bonchev–Trinajstić information content (AvgIpc) is 3.97. The van der Waals surface area contributed by atoms with Crippen molar-refractivity contribution in [2.24, 2.45) is 0 Å². The normalized spacial score (nSPS) is 14.2. The van der Waals surface area contributed by atoms with Crippen LogP contribution in [0.3, 0.4) is 0 Å². The first-order valence-electron chi connectivity index (χ1n) is 22.4. The van der Waals surface area contributed by atoms with Crippen molar-refractivity contribution in [1.29, 1.82) is 0 Å². The Kier molecular flexibility index (Phi) is 7.28. The molecule has 0 bridgehead atoms. The van der Waals surface area contributed by atoms with Gasteiger partial charge in [0.05, 0.1) is 21.9 Å². The van der Waals surface area contributed by atoms with Gasteiger partial charge < -0.3 is 9.47 Å². The summed E-state index contributed by atoms with van der Waals surface area (Å²) >= 11 is 0. The van der Waals surface area contributed by atoms with Crippen LogP contribution in [-0.4, -0.2) is 4.57 Å². The number of rotatable bonds is 4. The largest absolute Gasteiger partial charge is 0.311 e. The second kappa shape index (κ2) is 13.2. The molecule has 3 aliphatic carbocycles. The Morgan fingerprint density at radius 2 is 0.688 bits per heavy atom. The molecule has 2 nitrogen and oxygen atoms in total. The van der Waals surface area contributed by atoms with Crippen molar-refractivity contribution in [3.63, 3.8) is 0 Å². The van der Waals surface area contributed by atoms with Crippen molar-refractivity contribution in [2.45, 2.75) is 10.8 Å². The van der Waals surface area contributed by atoms with Gasteiger partial charge in [-0.3, -0.25) is 0 Å². The SMILES string of the molecule is c1ccc(N(c2ccccc2)c2ccc(-n3c4ccccc4c4ccc5c(c43)-c3ccccc3C53c4ccccc4C4(c5ccccc5-c5ccccc54)c4ccccc43)cc2)cc1. The van der Waals surface area contributed by atoms with Gasteiger partial charge in [0, 0.05) is 39.1 Å². The first-order valence-corrected chi connectivity index (χ1v) is 22.4. The van der Waals surface area contributed by atoms with Gasteiger partial charge in [-0.2, -0.15) is 0 Å². The third-order valence-electron chi connectivity index (χ3n) is 14.7. The Hall–Kier alpha value is -8.20. The van der Waals surface area contributed by atoms with Gasteiger partial charge >= 0.3 is 0 Å². The number of aromatic nitrogens is 1. The smallest absolute Gasteiger partial charge is 0.0720 e. The van der Waals surface area contributed by atoms with Crippen LogP contribution in [0.15, 0.2) is 243 Å². The minimum absolute atomic E-state index is 0.475. The van der Waals surface area contributed by atoms with Gasteiger partial charge in [-0.1, -0.05) is 188 Å². The molecule has 0 saturated carbocycles. The molecule has 2 spiro atoms. The third-order valence-corrected chi connectivity index (χ3v) is 14.7. The highest BCUT2D eigenvalue weighted by Crippen LogP contribution is 2.68. The second-order valence-corrected chi connectivity index (χ2v) is 17.5. The van der Waals surface area contributed by atoms with E-state index in [-0.39, 0.29) is 0 Å². The molecule has 0 radical (unpaired) electrons. The van der Waals surface area contributed by atoms with Gasteiger partial charge in [-0.15, -0.1) is 0 Å². The van der Waals surface area contributed by atoms with E-state index in [1.54, 1.807) is 0 Å². The van der Waals surface area contributed by atoms with Crippen molar-refractivity contribution in [2.75, 3.05) is 4.90 Å². The van der Waals surface area contributed by atoms with Crippen LogP contribution >= 0.6 is 0 Å². The predicted molar refractivity (Wildman–Crippen MR) is 264 cm³/mol. The van der Waals surface area contributed by atoms with Crippen LogP contribution in [-0.2, 0) is 10.8 Å². The molecule has 0 amide bonds. The van der Waals surface area contributed by atoms with E-state index in [1.807, 2.05) is 0 Å². The molecule has 1 heterocycles. The minimum atomic E-state index is -0.567. The summed E-state index contributed by atoms with van der Waals surface area (Å²) in [7, 11) is 0. The van der Waals surface area contributed by atoms with Crippen LogP contribution in [0.4, 0.5) is 17.1 Å². The minimum Gasteiger partial charge on any atom is -0.311 e. The summed E-state index contributed by atoms with van der Waals surface area (Å²) in [6, 6.07) is 90.6. The lowest BCUT2D eigenvalue weighted by atomic mass is 9.52. The fourth-order valence-corrected chi connectivity index (χ4v) is 12.4. The molecule has 10 aromatic carbocycles. The number of fused-ring (bicyclic) bond motifs is 20. The van der Waals surface area contributed by atoms with Gasteiger partial charge in [0.15, 0.2) is 0 Å². The molecule has 1 aromatic heterocycles. The van der Waals surface area contributed by atoms with E-state index in [0.717, 1.165) is 22.7 Å². The highest BCUT2D eigenvalue weighted by Gasteiger charge is 2.59. The second-order valence-electron chi connectivity index (χ2n) is 17.5. The Morgan fingerprint density at radius 3 is 1.23 bits per heavy atom. The molecule has 11 aromatic rings. The molecular weight excluding hydrogens is 773 g/mol. The average molecular weight is 813 g/mol. The Labute approximate surface area is 372 Å². The van der Waals surface area contributed by atoms with Crippen molar-refractivity contribution in [3.05, 3.63) is 287 Å². The van der Waals surface area contributed by atoms with E-state index in [1.165, 1.54) is 88.6 Å². The lowest BCUT2D eigenvalue weighted by Crippen LogP contribution is -2.43. The van der Waals surface area contributed by atoms with Crippen LogP contribution in [0.5, 0.6) is 0 Å². The Bertz CT molecular complexity index is 3540. The first-order chi connectivity index (χ1) is 31.8. The maximum atomic E-state index is 2.53. The zero-order chi connectivity index (χ0) is 42.0. The van der Waals surface area contributed by atoms with Crippen molar-refractivity contribution >= 4 is 38.9 Å². The van der Waals surface area contributed by atoms with Crippen LogP contribution in [0.25, 0.3) is 49.7 Å². The molecule has 64 heavy (non-hydrogen) atoms. The van der Waals surface area contributed by atoms with Gasteiger partial charge in [-0.05, 0) is 116 Å². The maximum absolute atomic E-state index is 2.53. The molecule has 14 rings (SSSR count). The standard InChI is InChI=1S/C62H40N2/c1-3-19-41(20-4-1)63(42-21-5-2-6-22-42)43-35-37-44(38-36-43)64-58-34-18-10-25-47(58)48-39-40-57-59(60(48)64)49-26-9-13-29-52(49)62(57)55-32-16-14-30-53(55)61(54-31-15-17-33-56(54)62)50-27-11-7-23-45(50)46-24-8-12-28-51(46)61/h1-40H. The summed E-state index contributed by atoms with van der Waals surface area (Å²) in [6.45, 7) is 0. The highest BCUT2D eigenvalue weighted by atomic mass is 15.1. The van der Waals surface area contributed by atoms with Gasteiger partial charge in [0.25, 0.3) is 0 Å². The van der Waals surface area contributed by atoms with E-state index < -0.39 is 10.8 Å². The quantitative estimate of drug-likeness (QED) is 0.172. The van der Waals surface area contributed by atoms with Crippen LogP contribution in [0.1, 0.15) is 44.5 Å². The van der Waals surface area contributed by atoms with Crippen molar-refractivity contribution in [3.8, 4) is 27.9 Å². The number of benzene rings is 10. The Morgan fingerprint density at radius 1 is 0.281 bits per heavy atom. The summed E-state index contributed by atoms with van der Waals surface area (Å²) in [6.07, 6.45) is 0. The number of hydrogen-bond donors (Lipinski definition) is 0. The fourth-order valence-electron chi connectivity index (χ4n) is 12.4. The molecule has 0 fully saturated rings. The maximum Gasteiger partial charge on any atom is 0.0720 e. The lowest BCUT2D eigenvalue weighted by Gasteiger charge is -2.48. The zero-order valence-corrected chi connectivity index (χ0v) is 35.0. The number of para-hydroxylation sites is 3. The van der Waals surface area contributed by atoms with Gasteiger partial charge in [0.1, 0.15) is 0 Å². The molecule has 298 valence electrons. The number of hydrogen-bond acceptors (Lipinski definition) is 1. The Balaban J connectivity index is 1.06. The topological polar surface area (TPSA) is 8.17 Å². The number of anilines is 3. The third kappa shape index (κ3) is 4.39. The van der Waals surface area contributed by atoms with E-state index in [2.05, 4.69) is 252 Å². The van der Waals surface area contributed by atoms with E-state index in [0.29, 0.717) is 0 Å². The molecule has 2 heteroatoms. The van der Waals surface area contributed by atoms with Crippen LogP contribution in [0, 0.1) is 0 Å². The van der Waals surface area contributed by atoms with Crippen LogP contribution < -0.4 is 4.90 Å². The van der Waals surface area contributed by atoms with E-state index in [4.69, 9.17) is 0 Å². The molecule has 0 unspecified atom stereocenters. The van der Waals surface area contributed by atoms with E-state index in [9.17, 15) is 0 Å². The monoisotopic (exact) mass is 812 g/mol. The molecular formula is C62H40N2. The predicted octanol–water partition coefficient (Wildman–Crippen LogP) is 15.3. The lowest BCUT2D eigenvalue weighted by molar-refractivity contribution is 0.633. The first kappa shape index (κ1) is 35.4. The van der Waals surface area contributed by atoms with Crippen molar-refractivity contribution < 1.29 is 0 Å². The van der Waals surface area contributed by atoms with Crippen LogP contribution in [0.2, 0.25) is 0 Å². The molecule has 3 aliphatic rings.